The normalized spacial score (nSPS) is 31.9. The Hall–Kier alpha value is -1.79. The van der Waals surface area contributed by atoms with Gasteiger partial charge in [0.15, 0.2) is 0 Å². The van der Waals surface area contributed by atoms with Gasteiger partial charge in [0.1, 0.15) is 0 Å². The number of amides is 2. The number of carbonyl (C=O) groups excluding carboxylic acids is 1. The summed E-state index contributed by atoms with van der Waals surface area (Å²) in [7, 11) is 0. The molecule has 4 N–H and O–H groups in total. The Kier molecular flexibility index (Phi) is 3.28. The second kappa shape index (κ2) is 5.11. The van der Waals surface area contributed by atoms with E-state index in [-0.39, 0.29) is 12.1 Å². The Labute approximate surface area is 138 Å². The number of aromatic amines is 1. The molecule has 2 aliphatic rings. The van der Waals surface area contributed by atoms with E-state index in [4.69, 9.17) is 11.6 Å². The fourth-order valence-corrected chi connectivity index (χ4v) is 4.28. The standard InChI is InChI=1S/C16H19ClN4O2/c1-2-18-15(22)20-14-9-5-16(23,6-10(9)14)12-3-8(17)4-13-11(12)7-19-21-13/h3-4,7,9-10,14,23H,2,5-6H2,1H3,(H,19,21)(H2,18,20,22)/t9-,10+,14?,16?. The van der Waals surface area contributed by atoms with Crippen molar-refractivity contribution in [3.8, 4) is 0 Å². The molecule has 2 fully saturated rings. The monoisotopic (exact) mass is 334 g/mol. The fourth-order valence-electron chi connectivity index (χ4n) is 4.06. The SMILES string of the molecule is CCNC(=O)NC1[C@H]2CC(O)(c3cc(Cl)cc4[nH]ncc34)C[C@@H]12. The van der Waals surface area contributed by atoms with Crippen LogP contribution in [0.15, 0.2) is 18.3 Å². The van der Waals surface area contributed by atoms with E-state index in [1.54, 1.807) is 6.20 Å². The van der Waals surface area contributed by atoms with E-state index >= 15 is 0 Å². The number of rotatable bonds is 3. The summed E-state index contributed by atoms with van der Waals surface area (Å²) in [6, 6.07) is 3.68. The Bertz CT molecular complexity index is 763. The van der Waals surface area contributed by atoms with Crippen LogP contribution in [-0.2, 0) is 5.60 Å². The summed E-state index contributed by atoms with van der Waals surface area (Å²) in [5, 5.41) is 25.3. The molecule has 0 radical (unpaired) electrons. The second-order valence-electron chi connectivity index (χ2n) is 6.58. The molecule has 1 aromatic heterocycles. The number of halogens is 1. The fraction of sp³-hybridized carbons (Fsp3) is 0.500. The van der Waals surface area contributed by atoms with Crippen LogP contribution in [0, 0.1) is 11.8 Å². The number of aromatic nitrogens is 2. The van der Waals surface area contributed by atoms with Crippen molar-refractivity contribution < 1.29 is 9.90 Å². The van der Waals surface area contributed by atoms with Crippen molar-refractivity contribution in [2.75, 3.05) is 6.54 Å². The van der Waals surface area contributed by atoms with Gasteiger partial charge in [-0.2, -0.15) is 5.10 Å². The van der Waals surface area contributed by atoms with Crippen LogP contribution in [0.3, 0.4) is 0 Å². The van der Waals surface area contributed by atoms with Crippen molar-refractivity contribution in [3.63, 3.8) is 0 Å². The highest BCUT2D eigenvalue weighted by Crippen LogP contribution is 2.60. The number of nitrogens with one attached hydrogen (secondary N) is 3. The minimum atomic E-state index is -0.901. The van der Waals surface area contributed by atoms with Gasteiger partial charge < -0.3 is 15.7 Å². The smallest absolute Gasteiger partial charge is 0.315 e. The van der Waals surface area contributed by atoms with Crippen LogP contribution in [0.4, 0.5) is 4.79 Å². The maximum Gasteiger partial charge on any atom is 0.315 e. The average Bonchev–Trinajstić information content (AvgIpc) is 2.90. The minimum absolute atomic E-state index is 0.129. The van der Waals surface area contributed by atoms with Gasteiger partial charge >= 0.3 is 6.03 Å². The summed E-state index contributed by atoms with van der Waals surface area (Å²) in [6.07, 6.45) is 3.00. The van der Waals surface area contributed by atoms with Crippen LogP contribution in [0.5, 0.6) is 0 Å². The molecule has 4 atom stereocenters. The number of hydrogen-bond acceptors (Lipinski definition) is 3. The van der Waals surface area contributed by atoms with Crippen LogP contribution in [0.2, 0.25) is 5.02 Å². The van der Waals surface area contributed by atoms with Crippen molar-refractivity contribution in [1.82, 2.24) is 20.8 Å². The first-order valence-corrected chi connectivity index (χ1v) is 8.29. The van der Waals surface area contributed by atoms with Crippen molar-refractivity contribution in [2.24, 2.45) is 11.8 Å². The van der Waals surface area contributed by atoms with E-state index in [1.807, 2.05) is 19.1 Å². The molecule has 2 amide bonds. The maximum atomic E-state index is 11.6. The van der Waals surface area contributed by atoms with Crippen LogP contribution < -0.4 is 10.6 Å². The molecule has 1 aromatic carbocycles. The highest BCUT2D eigenvalue weighted by molar-refractivity contribution is 6.31. The predicted octanol–water partition coefficient (Wildman–Crippen LogP) is 2.13. The van der Waals surface area contributed by atoms with E-state index in [2.05, 4.69) is 20.8 Å². The number of nitrogens with zero attached hydrogens (tertiary/aromatic N) is 1. The van der Waals surface area contributed by atoms with E-state index in [1.165, 1.54) is 0 Å². The molecule has 2 saturated carbocycles. The predicted molar refractivity (Wildman–Crippen MR) is 87.2 cm³/mol. The lowest BCUT2D eigenvalue weighted by atomic mass is 9.86. The Balaban J connectivity index is 1.54. The number of benzene rings is 1. The molecule has 7 heteroatoms. The van der Waals surface area contributed by atoms with Gasteiger partial charge in [-0.3, -0.25) is 5.10 Å². The molecule has 4 rings (SSSR count). The molecule has 0 bridgehead atoms. The first kappa shape index (κ1) is 14.8. The van der Waals surface area contributed by atoms with Gasteiger partial charge in [-0.15, -0.1) is 0 Å². The molecular weight excluding hydrogens is 316 g/mol. The van der Waals surface area contributed by atoms with Crippen molar-refractivity contribution >= 4 is 28.5 Å². The van der Waals surface area contributed by atoms with Crippen LogP contribution in [0.1, 0.15) is 25.3 Å². The Morgan fingerprint density at radius 2 is 2.22 bits per heavy atom. The van der Waals surface area contributed by atoms with Crippen LogP contribution in [-0.4, -0.2) is 33.9 Å². The summed E-state index contributed by atoms with van der Waals surface area (Å²) in [4.78, 5) is 11.6. The van der Waals surface area contributed by atoms with Crippen molar-refractivity contribution in [3.05, 3.63) is 28.9 Å². The molecule has 2 aromatic rings. The van der Waals surface area contributed by atoms with E-state index in [0.29, 0.717) is 36.2 Å². The Morgan fingerprint density at radius 3 is 2.91 bits per heavy atom. The van der Waals surface area contributed by atoms with E-state index in [9.17, 15) is 9.90 Å². The number of H-pyrrole nitrogens is 1. The molecule has 2 aliphatic carbocycles. The summed E-state index contributed by atoms with van der Waals surface area (Å²) in [5.74, 6) is 0.645. The summed E-state index contributed by atoms with van der Waals surface area (Å²) >= 11 is 6.18. The first-order chi connectivity index (χ1) is 11.0. The largest absolute Gasteiger partial charge is 0.385 e. The van der Waals surface area contributed by atoms with Gasteiger partial charge in [-0.05, 0) is 49.3 Å². The van der Waals surface area contributed by atoms with Gasteiger partial charge in [-0.25, -0.2) is 4.79 Å². The molecule has 0 aliphatic heterocycles. The summed E-state index contributed by atoms with van der Waals surface area (Å²) in [5.41, 5.74) is 0.762. The number of hydrogen-bond donors (Lipinski definition) is 4. The topological polar surface area (TPSA) is 90.0 Å². The molecule has 0 saturated heterocycles. The van der Waals surface area contributed by atoms with Gasteiger partial charge in [0.05, 0.1) is 17.3 Å². The van der Waals surface area contributed by atoms with Crippen molar-refractivity contribution in [1.29, 1.82) is 0 Å². The lowest BCUT2D eigenvalue weighted by Gasteiger charge is -2.27. The van der Waals surface area contributed by atoms with E-state index < -0.39 is 5.60 Å². The molecule has 2 unspecified atom stereocenters. The number of urea groups is 1. The average molecular weight is 335 g/mol. The number of fused-ring (bicyclic) bond motifs is 2. The second-order valence-corrected chi connectivity index (χ2v) is 7.02. The highest BCUT2D eigenvalue weighted by atomic mass is 35.5. The molecular formula is C16H19ClN4O2. The quantitative estimate of drug-likeness (QED) is 0.693. The first-order valence-electron chi connectivity index (χ1n) is 7.91. The van der Waals surface area contributed by atoms with Gasteiger partial charge in [0, 0.05) is 23.0 Å². The zero-order chi connectivity index (χ0) is 16.2. The lowest BCUT2D eigenvalue weighted by Crippen LogP contribution is -2.39. The minimum Gasteiger partial charge on any atom is -0.385 e. The maximum absolute atomic E-state index is 11.6. The third kappa shape index (κ3) is 2.37. The molecule has 23 heavy (non-hydrogen) atoms. The van der Waals surface area contributed by atoms with Gasteiger partial charge in [-0.1, -0.05) is 11.6 Å². The molecule has 6 nitrogen and oxygen atoms in total. The Morgan fingerprint density at radius 1 is 1.48 bits per heavy atom. The van der Waals surface area contributed by atoms with Crippen LogP contribution in [0.25, 0.3) is 10.9 Å². The number of carbonyl (C=O) groups is 1. The zero-order valence-corrected chi connectivity index (χ0v) is 13.5. The van der Waals surface area contributed by atoms with Crippen LogP contribution >= 0.6 is 11.6 Å². The molecule has 122 valence electrons. The third-order valence-corrected chi connectivity index (χ3v) is 5.36. The van der Waals surface area contributed by atoms with Crippen molar-refractivity contribution in [2.45, 2.75) is 31.4 Å². The number of aliphatic hydroxyl groups is 1. The van der Waals surface area contributed by atoms with Gasteiger partial charge in [0.2, 0.25) is 0 Å². The summed E-state index contributed by atoms with van der Waals surface area (Å²) < 4.78 is 0. The van der Waals surface area contributed by atoms with E-state index in [0.717, 1.165) is 16.5 Å². The third-order valence-electron chi connectivity index (χ3n) is 5.14. The molecule has 1 heterocycles. The lowest BCUT2D eigenvalue weighted by molar-refractivity contribution is 0.0299. The summed E-state index contributed by atoms with van der Waals surface area (Å²) in [6.45, 7) is 2.50. The highest BCUT2D eigenvalue weighted by Gasteiger charge is 2.62. The molecule has 0 spiro atoms. The van der Waals surface area contributed by atoms with Gasteiger partial charge in [0.25, 0.3) is 0 Å². The zero-order valence-electron chi connectivity index (χ0n) is 12.8.